The Morgan fingerprint density at radius 3 is 2.03 bits per heavy atom. The van der Waals surface area contributed by atoms with Crippen LogP contribution in [-0.2, 0) is 24.0 Å². The summed E-state index contributed by atoms with van der Waals surface area (Å²) >= 11 is 1.39. The lowest BCUT2D eigenvalue weighted by molar-refractivity contribution is -0.143. The second-order valence-electron chi connectivity index (χ2n) is 7.69. The number of nitrogens with zero attached hydrogens (tertiary/aromatic N) is 1. The SMILES string of the molecule is CSCCC(NC(=O)C(NC(=O)C(CCCN=C(N)N)NC(=O)C(N)CC(N)=O)C(C)O)C(=O)O. The molecule has 0 bridgehead atoms. The topological polar surface area (TPSA) is 278 Å². The number of aliphatic hydroxyl groups is 1. The van der Waals surface area contributed by atoms with Gasteiger partial charge in [-0.2, -0.15) is 11.8 Å². The van der Waals surface area contributed by atoms with E-state index in [9.17, 15) is 34.2 Å². The number of nitrogens with one attached hydrogen (secondary N) is 3. The van der Waals surface area contributed by atoms with Gasteiger partial charge in [-0.3, -0.25) is 24.2 Å². The predicted octanol–water partition coefficient (Wildman–Crippen LogP) is -4.08. The number of primary amides is 1. The van der Waals surface area contributed by atoms with Crippen LogP contribution in [0, 0.1) is 0 Å². The maximum atomic E-state index is 12.9. The molecule has 4 amide bonds. The highest BCUT2D eigenvalue weighted by Crippen LogP contribution is 2.05. The lowest BCUT2D eigenvalue weighted by atomic mass is 10.1. The van der Waals surface area contributed by atoms with E-state index in [0.717, 1.165) is 0 Å². The summed E-state index contributed by atoms with van der Waals surface area (Å²) in [7, 11) is 0. The normalized spacial score (nSPS) is 15.0. The van der Waals surface area contributed by atoms with Crippen molar-refractivity contribution in [3.05, 3.63) is 0 Å². The number of carboxylic acid groups (broad SMARTS) is 1. The van der Waals surface area contributed by atoms with E-state index < -0.39 is 66.3 Å². The summed E-state index contributed by atoms with van der Waals surface area (Å²) in [4.78, 5) is 64.1. The number of hydrogen-bond donors (Lipinski definition) is 9. The van der Waals surface area contributed by atoms with Gasteiger partial charge >= 0.3 is 5.97 Å². The summed E-state index contributed by atoms with van der Waals surface area (Å²) in [6.07, 6.45) is 0.295. The van der Waals surface area contributed by atoms with Crippen LogP contribution in [0.4, 0.5) is 0 Å². The van der Waals surface area contributed by atoms with Crippen LogP contribution in [-0.4, -0.2) is 94.6 Å². The minimum absolute atomic E-state index is 0.0112. The van der Waals surface area contributed by atoms with E-state index in [1.807, 2.05) is 0 Å². The van der Waals surface area contributed by atoms with Crippen molar-refractivity contribution < 1.29 is 34.2 Å². The summed E-state index contributed by atoms with van der Waals surface area (Å²) in [5.74, 6) is -4.41. The van der Waals surface area contributed by atoms with Gasteiger partial charge in [0.1, 0.15) is 18.1 Å². The minimum atomic E-state index is -1.52. The number of hydrogen-bond acceptors (Lipinski definition) is 9. The molecule has 0 spiro atoms. The number of rotatable bonds is 17. The van der Waals surface area contributed by atoms with Gasteiger partial charge in [0.15, 0.2) is 5.96 Å². The van der Waals surface area contributed by atoms with Gasteiger partial charge in [-0.25, -0.2) is 4.79 Å². The second-order valence-corrected chi connectivity index (χ2v) is 8.68. The van der Waals surface area contributed by atoms with Gasteiger partial charge in [0.25, 0.3) is 0 Å². The molecule has 0 saturated carbocycles. The molecule has 0 heterocycles. The van der Waals surface area contributed by atoms with Crippen LogP contribution in [0.25, 0.3) is 0 Å². The second kappa shape index (κ2) is 16.5. The summed E-state index contributed by atoms with van der Waals surface area (Å²) in [6, 6.07) is -5.30. The molecule has 0 fully saturated rings. The first-order valence-corrected chi connectivity index (χ1v) is 12.1. The molecule has 0 aromatic rings. The molecule has 0 saturated heterocycles. The summed E-state index contributed by atoms with van der Waals surface area (Å²) in [5, 5.41) is 26.4. The number of aliphatic carboxylic acids is 1. The molecular weight excluding hydrogens is 484 g/mol. The molecule has 5 atom stereocenters. The van der Waals surface area contributed by atoms with Gasteiger partial charge in [-0.15, -0.1) is 0 Å². The Balaban J connectivity index is 5.51. The fourth-order valence-corrected chi connectivity index (χ4v) is 3.25. The Labute approximate surface area is 207 Å². The van der Waals surface area contributed by atoms with Crippen molar-refractivity contribution in [2.75, 3.05) is 18.6 Å². The molecule has 13 N–H and O–H groups in total. The number of amides is 4. The van der Waals surface area contributed by atoms with Crippen molar-refractivity contribution in [2.45, 2.75) is 62.9 Å². The van der Waals surface area contributed by atoms with Gasteiger partial charge in [0, 0.05) is 6.54 Å². The van der Waals surface area contributed by atoms with Crippen molar-refractivity contribution >= 4 is 47.3 Å². The maximum Gasteiger partial charge on any atom is 0.326 e. The van der Waals surface area contributed by atoms with Crippen molar-refractivity contribution in [1.82, 2.24) is 16.0 Å². The third kappa shape index (κ3) is 13.4. The Hall–Kier alpha value is -3.11. The van der Waals surface area contributed by atoms with Crippen LogP contribution < -0.4 is 38.9 Å². The van der Waals surface area contributed by atoms with Crippen LogP contribution in [0.3, 0.4) is 0 Å². The van der Waals surface area contributed by atoms with E-state index in [1.54, 1.807) is 6.26 Å². The quantitative estimate of drug-likeness (QED) is 0.0505. The molecule has 0 aliphatic carbocycles. The van der Waals surface area contributed by atoms with Crippen molar-refractivity contribution in [3.8, 4) is 0 Å². The van der Waals surface area contributed by atoms with Crippen LogP contribution in [0.2, 0.25) is 0 Å². The van der Waals surface area contributed by atoms with Crippen LogP contribution in [0.5, 0.6) is 0 Å². The van der Waals surface area contributed by atoms with Gasteiger partial charge in [-0.05, 0) is 38.2 Å². The average molecular weight is 521 g/mol. The number of nitrogens with two attached hydrogens (primary N) is 4. The average Bonchev–Trinajstić information content (AvgIpc) is 2.75. The Morgan fingerprint density at radius 2 is 1.54 bits per heavy atom. The summed E-state index contributed by atoms with van der Waals surface area (Å²) in [6.45, 7) is 1.36. The molecule has 200 valence electrons. The van der Waals surface area contributed by atoms with E-state index in [0.29, 0.717) is 5.75 Å². The zero-order valence-corrected chi connectivity index (χ0v) is 20.5. The first-order valence-electron chi connectivity index (χ1n) is 10.7. The maximum absolute atomic E-state index is 12.9. The van der Waals surface area contributed by atoms with Gasteiger partial charge < -0.3 is 49.1 Å². The number of carbonyl (C=O) groups is 5. The molecule has 0 aliphatic rings. The van der Waals surface area contributed by atoms with E-state index in [-0.39, 0.29) is 31.8 Å². The zero-order chi connectivity index (χ0) is 27.1. The first kappa shape index (κ1) is 31.9. The standard InChI is InChI=1S/C19H36N8O7S/c1-9(28)14(17(32)26-12(18(33)34)5-7-35-2)27-16(31)11(4-3-6-24-19(22)23)25-15(30)10(20)8-13(21)29/h9-12,14,28H,3-8,20H2,1-2H3,(H2,21,29)(H,25,30)(H,26,32)(H,27,31)(H,33,34)(H4,22,23,24). The number of aliphatic hydroxyl groups excluding tert-OH is 1. The smallest absolute Gasteiger partial charge is 0.326 e. The molecule has 0 rings (SSSR count). The number of thioether (sulfide) groups is 1. The molecule has 0 aliphatic heterocycles. The molecule has 0 radical (unpaired) electrons. The number of aliphatic imine (C=N–C) groups is 1. The Kier molecular flexibility index (Phi) is 15.0. The molecule has 0 aromatic carbocycles. The number of carbonyl (C=O) groups excluding carboxylic acids is 4. The van der Waals surface area contributed by atoms with Crippen molar-refractivity contribution in [3.63, 3.8) is 0 Å². The molecule has 35 heavy (non-hydrogen) atoms. The molecule has 16 heteroatoms. The zero-order valence-electron chi connectivity index (χ0n) is 19.7. The number of carboxylic acids is 1. The highest BCUT2D eigenvalue weighted by atomic mass is 32.2. The Morgan fingerprint density at radius 1 is 0.943 bits per heavy atom. The lowest BCUT2D eigenvalue weighted by Crippen LogP contribution is -2.60. The van der Waals surface area contributed by atoms with Crippen LogP contribution in [0.15, 0.2) is 4.99 Å². The van der Waals surface area contributed by atoms with Gasteiger partial charge in [0.05, 0.1) is 18.6 Å². The van der Waals surface area contributed by atoms with E-state index in [2.05, 4.69) is 20.9 Å². The van der Waals surface area contributed by atoms with Gasteiger partial charge in [-0.1, -0.05) is 0 Å². The van der Waals surface area contributed by atoms with E-state index >= 15 is 0 Å². The van der Waals surface area contributed by atoms with Crippen molar-refractivity contribution in [2.24, 2.45) is 27.9 Å². The molecule has 15 nitrogen and oxygen atoms in total. The van der Waals surface area contributed by atoms with Crippen LogP contribution in [0.1, 0.15) is 32.6 Å². The highest BCUT2D eigenvalue weighted by Gasteiger charge is 2.32. The molecular formula is C19H36N8O7S. The summed E-state index contributed by atoms with van der Waals surface area (Å²) in [5.41, 5.74) is 21.2. The van der Waals surface area contributed by atoms with Crippen LogP contribution >= 0.6 is 11.8 Å². The van der Waals surface area contributed by atoms with Gasteiger partial charge in [0.2, 0.25) is 23.6 Å². The molecule has 5 unspecified atom stereocenters. The predicted molar refractivity (Wildman–Crippen MR) is 130 cm³/mol. The first-order chi connectivity index (χ1) is 16.3. The third-order valence-corrected chi connectivity index (χ3v) is 5.27. The highest BCUT2D eigenvalue weighted by molar-refractivity contribution is 7.98. The summed E-state index contributed by atoms with van der Waals surface area (Å²) < 4.78 is 0. The fourth-order valence-electron chi connectivity index (χ4n) is 2.77. The number of guanidine groups is 1. The lowest BCUT2D eigenvalue weighted by Gasteiger charge is -2.26. The third-order valence-electron chi connectivity index (χ3n) is 4.62. The minimum Gasteiger partial charge on any atom is -0.480 e. The van der Waals surface area contributed by atoms with E-state index in [4.69, 9.17) is 22.9 Å². The monoisotopic (exact) mass is 520 g/mol. The Bertz CT molecular complexity index is 776. The fraction of sp³-hybridized carbons (Fsp3) is 0.684. The molecule has 0 aromatic heterocycles. The van der Waals surface area contributed by atoms with E-state index in [1.165, 1.54) is 18.7 Å². The van der Waals surface area contributed by atoms with Crippen molar-refractivity contribution in [1.29, 1.82) is 0 Å². The largest absolute Gasteiger partial charge is 0.480 e.